The lowest BCUT2D eigenvalue weighted by molar-refractivity contribution is 0.0784. The molecule has 2 rings (SSSR count). The van der Waals surface area contributed by atoms with Crippen molar-refractivity contribution in [1.29, 1.82) is 0 Å². The molecule has 0 aliphatic rings. The number of phenolic OH excluding ortho intramolecular Hbond substituents is 1. The predicted molar refractivity (Wildman–Crippen MR) is 78.2 cm³/mol. The molecule has 4 nitrogen and oxygen atoms in total. The highest BCUT2D eigenvalue weighted by atomic mass is 16.3. The number of nitrogens with two attached hydrogens (primary N) is 1. The van der Waals surface area contributed by atoms with Crippen LogP contribution in [0.3, 0.4) is 0 Å². The maximum atomic E-state index is 12.2. The molecule has 0 aliphatic carbocycles. The SMILES string of the molecule is CN(Cc1ccc(CN)cc1)C(=O)c1cccc(O)c1. The number of phenols is 1. The molecule has 4 heteroatoms. The Morgan fingerprint density at radius 2 is 1.80 bits per heavy atom. The number of carbonyl (C=O) groups is 1. The van der Waals surface area contributed by atoms with Crippen LogP contribution in [0.25, 0.3) is 0 Å². The van der Waals surface area contributed by atoms with E-state index in [0.29, 0.717) is 18.7 Å². The summed E-state index contributed by atoms with van der Waals surface area (Å²) in [7, 11) is 1.74. The van der Waals surface area contributed by atoms with Gasteiger partial charge in [-0.25, -0.2) is 0 Å². The molecule has 3 N–H and O–H groups in total. The first-order chi connectivity index (χ1) is 9.60. The van der Waals surface area contributed by atoms with Gasteiger partial charge in [-0.05, 0) is 29.3 Å². The van der Waals surface area contributed by atoms with Gasteiger partial charge in [0.05, 0.1) is 0 Å². The van der Waals surface area contributed by atoms with Gasteiger partial charge >= 0.3 is 0 Å². The molecule has 0 radical (unpaired) electrons. The van der Waals surface area contributed by atoms with Crippen molar-refractivity contribution in [2.75, 3.05) is 7.05 Å². The summed E-state index contributed by atoms with van der Waals surface area (Å²) in [5, 5.41) is 9.41. The van der Waals surface area contributed by atoms with Crippen LogP contribution in [0.4, 0.5) is 0 Å². The van der Waals surface area contributed by atoms with E-state index in [0.717, 1.165) is 11.1 Å². The molecule has 20 heavy (non-hydrogen) atoms. The van der Waals surface area contributed by atoms with E-state index in [1.807, 2.05) is 24.3 Å². The lowest BCUT2D eigenvalue weighted by atomic mass is 10.1. The van der Waals surface area contributed by atoms with E-state index >= 15 is 0 Å². The molecule has 0 fully saturated rings. The zero-order chi connectivity index (χ0) is 14.5. The Bertz CT molecular complexity index is 594. The van der Waals surface area contributed by atoms with Gasteiger partial charge in [0.25, 0.3) is 5.91 Å². The summed E-state index contributed by atoms with van der Waals surface area (Å²) in [6.45, 7) is 1.03. The summed E-state index contributed by atoms with van der Waals surface area (Å²) in [6.07, 6.45) is 0. The van der Waals surface area contributed by atoms with Crippen LogP contribution in [0.5, 0.6) is 5.75 Å². The number of aromatic hydroxyl groups is 1. The molecule has 0 spiro atoms. The lowest BCUT2D eigenvalue weighted by Crippen LogP contribution is -2.26. The Morgan fingerprint density at radius 1 is 1.15 bits per heavy atom. The number of amides is 1. The van der Waals surface area contributed by atoms with Gasteiger partial charge in [-0.15, -0.1) is 0 Å². The summed E-state index contributed by atoms with van der Waals surface area (Å²) in [4.78, 5) is 13.8. The second-order valence-corrected chi connectivity index (χ2v) is 4.73. The zero-order valence-electron chi connectivity index (χ0n) is 11.4. The van der Waals surface area contributed by atoms with Crippen molar-refractivity contribution in [1.82, 2.24) is 4.90 Å². The number of hydrogen-bond acceptors (Lipinski definition) is 3. The standard InChI is InChI=1S/C16H18N2O2/c1-18(11-13-7-5-12(10-17)6-8-13)16(20)14-3-2-4-15(19)9-14/h2-9,19H,10-11,17H2,1H3. The fraction of sp³-hybridized carbons (Fsp3) is 0.188. The molecular formula is C16H18N2O2. The van der Waals surface area contributed by atoms with Crippen LogP contribution in [-0.4, -0.2) is 23.0 Å². The van der Waals surface area contributed by atoms with E-state index in [2.05, 4.69) is 0 Å². The Kier molecular flexibility index (Phi) is 4.38. The first kappa shape index (κ1) is 14.1. The van der Waals surface area contributed by atoms with Crippen LogP contribution in [-0.2, 0) is 13.1 Å². The number of rotatable bonds is 4. The topological polar surface area (TPSA) is 66.6 Å². The molecule has 104 valence electrons. The molecule has 0 heterocycles. The van der Waals surface area contributed by atoms with Crippen LogP contribution < -0.4 is 5.73 Å². The van der Waals surface area contributed by atoms with Crippen molar-refractivity contribution in [3.8, 4) is 5.75 Å². The largest absolute Gasteiger partial charge is 0.508 e. The van der Waals surface area contributed by atoms with Gasteiger partial charge in [0, 0.05) is 25.7 Å². The second-order valence-electron chi connectivity index (χ2n) is 4.73. The van der Waals surface area contributed by atoms with Gasteiger partial charge in [-0.2, -0.15) is 0 Å². The van der Waals surface area contributed by atoms with E-state index in [4.69, 9.17) is 5.73 Å². The summed E-state index contributed by atoms with van der Waals surface area (Å²) >= 11 is 0. The maximum absolute atomic E-state index is 12.2. The van der Waals surface area contributed by atoms with Crippen LogP contribution in [0, 0.1) is 0 Å². The van der Waals surface area contributed by atoms with E-state index in [1.165, 1.54) is 6.07 Å². The highest BCUT2D eigenvalue weighted by Gasteiger charge is 2.12. The van der Waals surface area contributed by atoms with Crippen LogP contribution in [0.1, 0.15) is 21.5 Å². The van der Waals surface area contributed by atoms with Crippen molar-refractivity contribution in [3.63, 3.8) is 0 Å². The van der Waals surface area contributed by atoms with Crippen molar-refractivity contribution in [2.45, 2.75) is 13.1 Å². The monoisotopic (exact) mass is 270 g/mol. The fourth-order valence-electron chi connectivity index (χ4n) is 1.99. The molecule has 2 aromatic carbocycles. The van der Waals surface area contributed by atoms with Gasteiger partial charge in [-0.3, -0.25) is 4.79 Å². The summed E-state index contributed by atoms with van der Waals surface area (Å²) in [5.74, 6) is -0.0275. The molecule has 0 atom stereocenters. The molecule has 1 amide bonds. The molecule has 0 aliphatic heterocycles. The first-order valence-corrected chi connectivity index (χ1v) is 6.42. The van der Waals surface area contributed by atoms with E-state index in [-0.39, 0.29) is 11.7 Å². The van der Waals surface area contributed by atoms with Gasteiger partial charge in [0.1, 0.15) is 5.75 Å². The number of nitrogens with zero attached hydrogens (tertiary/aromatic N) is 1. The molecule has 0 saturated carbocycles. The van der Waals surface area contributed by atoms with Crippen LogP contribution in [0.15, 0.2) is 48.5 Å². The number of hydrogen-bond donors (Lipinski definition) is 2. The molecule has 0 saturated heterocycles. The third kappa shape index (κ3) is 3.36. The van der Waals surface area contributed by atoms with Crippen LogP contribution >= 0.6 is 0 Å². The highest BCUT2D eigenvalue weighted by molar-refractivity contribution is 5.94. The smallest absolute Gasteiger partial charge is 0.254 e. The molecule has 0 aromatic heterocycles. The van der Waals surface area contributed by atoms with Crippen molar-refractivity contribution < 1.29 is 9.90 Å². The second kappa shape index (κ2) is 6.21. The van der Waals surface area contributed by atoms with Gasteiger partial charge in [-0.1, -0.05) is 30.3 Å². The van der Waals surface area contributed by atoms with E-state index < -0.39 is 0 Å². The minimum atomic E-state index is -0.121. The molecule has 2 aromatic rings. The maximum Gasteiger partial charge on any atom is 0.254 e. The van der Waals surface area contributed by atoms with Gasteiger partial charge < -0.3 is 15.7 Å². The third-order valence-electron chi connectivity index (χ3n) is 3.12. The third-order valence-corrected chi connectivity index (χ3v) is 3.12. The minimum absolute atomic E-state index is 0.0940. The van der Waals surface area contributed by atoms with Crippen molar-refractivity contribution in [2.24, 2.45) is 5.73 Å². The zero-order valence-corrected chi connectivity index (χ0v) is 11.4. The minimum Gasteiger partial charge on any atom is -0.508 e. The molecular weight excluding hydrogens is 252 g/mol. The van der Waals surface area contributed by atoms with Crippen molar-refractivity contribution >= 4 is 5.91 Å². The Hall–Kier alpha value is -2.33. The van der Waals surface area contributed by atoms with Crippen molar-refractivity contribution in [3.05, 3.63) is 65.2 Å². The molecule has 0 bridgehead atoms. The summed E-state index contributed by atoms with van der Waals surface area (Å²) in [6, 6.07) is 14.2. The fourth-order valence-corrected chi connectivity index (χ4v) is 1.99. The quantitative estimate of drug-likeness (QED) is 0.894. The number of benzene rings is 2. The summed E-state index contributed by atoms with van der Waals surface area (Å²) in [5.41, 5.74) is 8.13. The van der Waals surface area contributed by atoms with E-state index in [9.17, 15) is 9.90 Å². The van der Waals surface area contributed by atoms with Gasteiger partial charge in [0.2, 0.25) is 0 Å². The Balaban J connectivity index is 2.07. The normalized spacial score (nSPS) is 10.3. The van der Waals surface area contributed by atoms with Crippen LogP contribution in [0.2, 0.25) is 0 Å². The predicted octanol–water partition coefficient (Wildman–Crippen LogP) is 2.12. The van der Waals surface area contributed by atoms with Gasteiger partial charge in [0.15, 0.2) is 0 Å². The highest BCUT2D eigenvalue weighted by Crippen LogP contribution is 2.14. The number of carbonyl (C=O) groups excluding carboxylic acids is 1. The molecule has 0 unspecified atom stereocenters. The van der Waals surface area contributed by atoms with E-state index in [1.54, 1.807) is 30.1 Å². The average molecular weight is 270 g/mol. The Morgan fingerprint density at radius 3 is 2.40 bits per heavy atom. The average Bonchev–Trinajstić information content (AvgIpc) is 2.47. The lowest BCUT2D eigenvalue weighted by Gasteiger charge is -2.17. The summed E-state index contributed by atoms with van der Waals surface area (Å²) < 4.78 is 0. The first-order valence-electron chi connectivity index (χ1n) is 6.42. The Labute approximate surface area is 118 Å².